The standard InChI is InChI=1S/C14H19ClN2O2/c1-9(2)7-16-17-13(18)8-19-12-5-10(3)14(15)11(4)6-12/h5-7,9H,8H2,1-4H3,(H,17,18)/b16-7+. The highest BCUT2D eigenvalue weighted by atomic mass is 35.5. The molecule has 0 fully saturated rings. The van der Waals surface area contributed by atoms with Gasteiger partial charge in [-0.15, -0.1) is 0 Å². The Morgan fingerprint density at radius 3 is 2.53 bits per heavy atom. The van der Waals surface area contributed by atoms with E-state index in [1.54, 1.807) is 18.3 Å². The van der Waals surface area contributed by atoms with Crippen LogP contribution in [0, 0.1) is 19.8 Å². The molecule has 0 unspecified atom stereocenters. The normalized spacial score (nSPS) is 11.1. The lowest BCUT2D eigenvalue weighted by Gasteiger charge is -2.09. The largest absolute Gasteiger partial charge is 0.484 e. The summed E-state index contributed by atoms with van der Waals surface area (Å²) in [5, 5.41) is 4.53. The molecule has 0 radical (unpaired) electrons. The fraction of sp³-hybridized carbons (Fsp3) is 0.429. The van der Waals surface area contributed by atoms with Crippen molar-refractivity contribution in [3.8, 4) is 5.75 Å². The summed E-state index contributed by atoms with van der Waals surface area (Å²) in [6.45, 7) is 7.68. The van der Waals surface area contributed by atoms with E-state index in [1.165, 1.54) is 0 Å². The highest BCUT2D eigenvalue weighted by molar-refractivity contribution is 6.32. The summed E-state index contributed by atoms with van der Waals surface area (Å²) < 4.78 is 5.40. The van der Waals surface area contributed by atoms with E-state index in [9.17, 15) is 4.79 Å². The van der Waals surface area contributed by atoms with Crippen LogP contribution in [0.15, 0.2) is 17.2 Å². The molecule has 0 saturated heterocycles. The van der Waals surface area contributed by atoms with Gasteiger partial charge in [-0.25, -0.2) is 5.43 Å². The fourth-order valence-electron chi connectivity index (χ4n) is 1.43. The number of benzene rings is 1. The number of hydrogen-bond donors (Lipinski definition) is 1. The third kappa shape index (κ3) is 5.30. The highest BCUT2D eigenvalue weighted by Crippen LogP contribution is 2.25. The number of carbonyl (C=O) groups is 1. The van der Waals surface area contributed by atoms with E-state index in [2.05, 4.69) is 10.5 Å². The summed E-state index contributed by atoms with van der Waals surface area (Å²) >= 11 is 6.06. The minimum Gasteiger partial charge on any atom is -0.484 e. The molecular formula is C14H19ClN2O2. The lowest BCUT2D eigenvalue weighted by molar-refractivity contribution is -0.123. The van der Waals surface area contributed by atoms with Crippen LogP contribution in [0.2, 0.25) is 5.02 Å². The SMILES string of the molecule is Cc1cc(OCC(=O)N/N=C/C(C)C)cc(C)c1Cl. The van der Waals surface area contributed by atoms with Crippen molar-refractivity contribution in [2.24, 2.45) is 11.0 Å². The van der Waals surface area contributed by atoms with Gasteiger partial charge < -0.3 is 4.74 Å². The summed E-state index contributed by atoms with van der Waals surface area (Å²) in [5.74, 6) is 0.632. The van der Waals surface area contributed by atoms with Crippen LogP contribution >= 0.6 is 11.6 Å². The van der Waals surface area contributed by atoms with E-state index in [0.717, 1.165) is 16.1 Å². The Kier molecular flexibility index (Phi) is 5.83. The lowest BCUT2D eigenvalue weighted by Crippen LogP contribution is -2.24. The molecule has 1 aromatic rings. The Bertz CT molecular complexity index is 461. The van der Waals surface area contributed by atoms with Gasteiger partial charge in [0.25, 0.3) is 5.91 Å². The van der Waals surface area contributed by atoms with E-state index in [1.807, 2.05) is 27.7 Å². The molecule has 1 amide bonds. The van der Waals surface area contributed by atoms with Crippen LogP contribution in [0.4, 0.5) is 0 Å². The molecule has 1 aromatic carbocycles. The molecule has 0 saturated carbocycles. The zero-order valence-electron chi connectivity index (χ0n) is 11.7. The molecule has 19 heavy (non-hydrogen) atoms. The van der Waals surface area contributed by atoms with Crippen molar-refractivity contribution in [3.05, 3.63) is 28.3 Å². The molecule has 4 nitrogen and oxygen atoms in total. The molecule has 5 heteroatoms. The van der Waals surface area contributed by atoms with Gasteiger partial charge in [-0.05, 0) is 43.0 Å². The third-order valence-electron chi connectivity index (χ3n) is 2.34. The van der Waals surface area contributed by atoms with Crippen molar-refractivity contribution < 1.29 is 9.53 Å². The minimum atomic E-state index is -0.290. The van der Waals surface area contributed by atoms with Crippen LogP contribution < -0.4 is 10.2 Å². The zero-order valence-corrected chi connectivity index (χ0v) is 12.4. The number of hydrazone groups is 1. The van der Waals surface area contributed by atoms with Crippen molar-refractivity contribution in [2.45, 2.75) is 27.7 Å². The smallest absolute Gasteiger partial charge is 0.277 e. The first-order valence-corrected chi connectivity index (χ1v) is 6.49. The highest BCUT2D eigenvalue weighted by Gasteiger charge is 2.05. The van der Waals surface area contributed by atoms with Crippen molar-refractivity contribution in [1.29, 1.82) is 0 Å². The number of ether oxygens (including phenoxy) is 1. The van der Waals surface area contributed by atoms with Gasteiger partial charge in [0, 0.05) is 11.2 Å². The van der Waals surface area contributed by atoms with Gasteiger partial charge in [0.2, 0.25) is 0 Å². The molecule has 0 aliphatic heterocycles. The maximum atomic E-state index is 11.5. The molecule has 0 spiro atoms. The molecule has 0 heterocycles. The molecule has 0 atom stereocenters. The first kappa shape index (κ1) is 15.5. The van der Waals surface area contributed by atoms with Crippen molar-refractivity contribution in [2.75, 3.05) is 6.61 Å². The average Bonchev–Trinajstić information content (AvgIpc) is 2.32. The summed E-state index contributed by atoms with van der Waals surface area (Å²) in [5.41, 5.74) is 4.26. The average molecular weight is 283 g/mol. The number of nitrogens with zero attached hydrogens (tertiary/aromatic N) is 1. The second-order valence-corrected chi connectivity index (χ2v) is 5.09. The van der Waals surface area contributed by atoms with Gasteiger partial charge in [-0.3, -0.25) is 4.79 Å². The lowest BCUT2D eigenvalue weighted by atomic mass is 10.1. The zero-order chi connectivity index (χ0) is 14.4. The molecule has 1 rings (SSSR count). The maximum absolute atomic E-state index is 11.5. The van der Waals surface area contributed by atoms with Crippen LogP contribution in [-0.2, 0) is 4.79 Å². The van der Waals surface area contributed by atoms with Crippen molar-refractivity contribution in [1.82, 2.24) is 5.43 Å². The summed E-state index contributed by atoms with van der Waals surface area (Å²) in [4.78, 5) is 11.5. The molecule has 0 aliphatic rings. The summed E-state index contributed by atoms with van der Waals surface area (Å²) in [7, 11) is 0. The Labute approximate surface area is 118 Å². The molecule has 0 aliphatic carbocycles. The van der Waals surface area contributed by atoms with Gasteiger partial charge in [-0.2, -0.15) is 5.10 Å². The molecule has 0 aromatic heterocycles. The molecule has 1 N–H and O–H groups in total. The minimum absolute atomic E-state index is 0.0735. The van der Waals surface area contributed by atoms with Gasteiger partial charge in [0.1, 0.15) is 5.75 Å². The molecule has 0 bridgehead atoms. The predicted octanol–water partition coefficient (Wildman–Crippen LogP) is 3.09. The Morgan fingerprint density at radius 2 is 2.00 bits per heavy atom. The number of hydrogen-bond acceptors (Lipinski definition) is 3. The number of halogens is 1. The number of aryl methyl sites for hydroxylation is 2. The number of carbonyl (C=O) groups excluding carboxylic acids is 1. The number of amides is 1. The summed E-state index contributed by atoms with van der Waals surface area (Å²) in [6, 6.07) is 3.61. The van der Waals surface area contributed by atoms with E-state index in [0.29, 0.717) is 11.7 Å². The van der Waals surface area contributed by atoms with E-state index in [4.69, 9.17) is 16.3 Å². The van der Waals surface area contributed by atoms with Crippen molar-refractivity contribution in [3.63, 3.8) is 0 Å². The second kappa shape index (κ2) is 7.14. The van der Waals surface area contributed by atoms with E-state index < -0.39 is 0 Å². The molecular weight excluding hydrogens is 264 g/mol. The Morgan fingerprint density at radius 1 is 1.42 bits per heavy atom. The van der Waals surface area contributed by atoms with Crippen LogP contribution in [0.3, 0.4) is 0 Å². The monoisotopic (exact) mass is 282 g/mol. The van der Waals surface area contributed by atoms with Gasteiger partial charge >= 0.3 is 0 Å². The Hall–Kier alpha value is -1.55. The topological polar surface area (TPSA) is 50.7 Å². The van der Waals surface area contributed by atoms with Gasteiger partial charge in [0.15, 0.2) is 6.61 Å². The van der Waals surface area contributed by atoms with Crippen LogP contribution in [0.25, 0.3) is 0 Å². The molecule has 104 valence electrons. The van der Waals surface area contributed by atoms with Crippen LogP contribution in [0.5, 0.6) is 5.75 Å². The predicted molar refractivity (Wildman–Crippen MR) is 77.9 cm³/mol. The van der Waals surface area contributed by atoms with Crippen LogP contribution in [0.1, 0.15) is 25.0 Å². The summed E-state index contributed by atoms with van der Waals surface area (Å²) in [6.07, 6.45) is 1.66. The number of nitrogens with one attached hydrogen (secondary N) is 1. The Balaban J connectivity index is 2.51. The van der Waals surface area contributed by atoms with Gasteiger partial charge in [-0.1, -0.05) is 25.4 Å². The second-order valence-electron chi connectivity index (χ2n) is 4.72. The first-order chi connectivity index (χ1) is 8.90. The van der Waals surface area contributed by atoms with E-state index in [-0.39, 0.29) is 12.5 Å². The van der Waals surface area contributed by atoms with Crippen LogP contribution in [-0.4, -0.2) is 18.7 Å². The first-order valence-electron chi connectivity index (χ1n) is 6.11. The number of rotatable bonds is 5. The maximum Gasteiger partial charge on any atom is 0.277 e. The van der Waals surface area contributed by atoms with Gasteiger partial charge in [0.05, 0.1) is 0 Å². The van der Waals surface area contributed by atoms with E-state index >= 15 is 0 Å². The van der Waals surface area contributed by atoms with Crippen molar-refractivity contribution >= 4 is 23.7 Å². The quantitative estimate of drug-likeness (QED) is 0.666. The third-order valence-corrected chi connectivity index (χ3v) is 2.94. The fourth-order valence-corrected chi connectivity index (χ4v) is 1.54.